The summed E-state index contributed by atoms with van der Waals surface area (Å²) >= 11 is 0. The van der Waals surface area contributed by atoms with Crippen LogP contribution in [0.15, 0.2) is 42.6 Å². The van der Waals surface area contributed by atoms with Crippen LogP contribution in [0.25, 0.3) is 0 Å². The third kappa shape index (κ3) is 3.45. The largest absolute Gasteiger partial charge is 0.334 e. The van der Waals surface area contributed by atoms with Crippen molar-refractivity contribution in [3.8, 4) is 0 Å². The third-order valence-corrected chi connectivity index (χ3v) is 3.40. The van der Waals surface area contributed by atoms with Crippen molar-refractivity contribution in [3.05, 3.63) is 65.4 Å². The number of para-hydroxylation sites is 1. The van der Waals surface area contributed by atoms with Gasteiger partial charge in [0.05, 0.1) is 6.20 Å². The molecule has 0 unspecified atom stereocenters. The molecule has 2 N–H and O–H groups in total. The van der Waals surface area contributed by atoms with Crippen LogP contribution in [0.2, 0.25) is 0 Å². The van der Waals surface area contributed by atoms with Crippen molar-refractivity contribution >= 4 is 23.1 Å². The van der Waals surface area contributed by atoms with Gasteiger partial charge in [-0.2, -0.15) is 10.1 Å². The highest BCUT2D eigenvalue weighted by molar-refractivity contribution is 5.61. The fourth-order valence-electron chi connectivity index (χ4n) is 2.24. The van der Waals surface area contributed by atoms with E-state index >= 15 is 0 Å². The summed E-state index contributed by atoms with van der Waals surface area (Å²) in [5, 5.41) is 13.3. The van der Waals surface area contributed by atoms with E-state index in [1.807, 2.05) is 32.0 Å². The molecular formula is C17H15F2N5. The van der Waals surface area contributed by atoms with Gasteiger partial charge in [0.25, 0.3) is 0 Å². The van der Waals surface area contributed by atoms with Crippen molar-refractivity contribution in [2.75, 3.05) is 10.6 Å². The maximum Gasteiger partial charge on any atom is 0.249 e. The van der Waals surface area contributed by atoms with Crippen molar-refractivity contribution < 1.29 is 8.78 Å². The molecule has 0 aliphatic heterocycles. The van der Waals surface area contributed by atoms with Crippen molar-refractivity contribution in [1.82, 2.24) is 15.2 Å². The SMILES string of the molecule is Cc1ccc(Nc2nncc(Nc3c(F)cccc3F)n2)c(C)c1. The Kier molecular flexibility index (Phi) is 4.33. The minimum absolute atomic E-state index is 0.182. The van der Waals surface area contributed by atoms with Gasteiger partial charge < -0.3 is 10.6 Å². The van der Waals surface area contributed by atoms with Crippen LogP contribution in [0, 0.1) is 25.5 Å². The summed E-state index contributed by atoms with van der Waals surface area (Å²) in [6.45, 7) is 3.96. The molecule has 1 aromatic heterocycles. The van der Waals surface area contributed by atoms with Crippen LogP contribution in [-0.2, 0) is 0 Å². The smallest absolute Gasteiger partial charge is 0.249 e. The Bertz CT molecular complexity index is 862. The number of nitrogens with one attached hydrogen (secondary N) is 2. The number of aromatic nitrogens is 3. The fourth-order valence-corrected chi connectivity index (χ4v) is 2.24. The van der Waals surface area contributed by atoms with Crippen LogP contribution in [0.4, 0.5) is 31.9 Å². The number of anilines is 4. The molecule has 0 fully saturated rings. The second-order valence-corrected chi connectivity index (χ2v) is 5.33. The maximum atomic E-state index is 13.7. The molecule has 0 amide bonds. The van der Waals surface area contributed by atoms with E-state index in [4.69, 9.17) is 0 Å². The zero-order valence-electron chi connectivity index (χ0n) is 13.1. The Morgan fingerprint density at radius 2 is 1.71 bits per heavy atom. The standard InChI is InChI=1S/C17H15F2N5/c1-10-6-7-14(11(2)8-10)21-17-23-15(9-20-24-17)22-16-12(18)4-3-5-13(16)19/h3-9H,1-2H3,(H2,21,22,23,24). The number of aryl methyl sites for hydroxylation is 2. The fraction of sp³-hybridized carbons (Fsp3) is 0.118. The first-order valence-electron chi connectivity index (χ1n) is 7.28. The molecule has 7 heteroatoms. The lowest BCUT2D eigenvalue weighted by molar-refractivity contribution is 0.590. The molecule has 3 aromatic rings. The van der Waals surface area contributed by atoms with E-state index in [1.165, 1.54) is 12.3 Å². The number of benzene rings is 2. The topological polar surface area (TPSA) is 62.7 Å². The zero-order valence-corrected chi connectivity index (χ0v) is 13.1. The molecular weight excluding hydrogens is 312 g/mol. The molecule has 0 bridgehead atoms. The first-order chi connectivity index (χ1) is 11.5. The van der Waals surface area contributed by atoms with Crippen LogP contribution in [0.5, 0.6) is 0 Å². The van der Waals surface area contributed by atoms with Crippen molar-refractivity contribution in [2.24, 2.45) is 0 Å². The van der Waals surface area contributed by atoms with Crippen LogP contribution in [0.1, 0.15) is 11.1 Å². The predicted molar refractivity (Wildman–Crippen MR) is 88.7 cm³/mol. The molecule has 1 heterocycles. The molecule has 122 valence electrons. The lowest BCUT2D eigenvalue weighted by Gasteiger charge is -2.10. The molecule has 3 rings (SSSR count). The number of rotatable bonds is 4. The van der Waals surface area contributed by atoms with E-state index in [0.717, 1.165) is 28.9 Å². The molecule has 0 aliphatic rings. The van der Waals surface area contributed by atoms with Gasteiger partial charge in [-0.25, -0.2) is 8.78 Å². The molecule has 0 saturated heterocycles. The lowest BCUT2D eigenvalue weighted by Crippen LogP contribution is -2.05. The third-order valence-electron chi connectivity index (χ3n) is 3.40. The molecule has 0 radical (unpaired) electrons. The summed E-state index contributed by atoms with van der Waals surface area (Å²) in [4.78, 5) is 4.18. The van der Waals surface area contributed by atoms with Crippen LogP contribution >= 0.6 is 0 Å². The molecule has 2 aromatic carbocycles. The molecule has 0 saturated carbocycles. The van der Waals surface area contributed by atoms with Crippen LogP contribution < -0.4 is 10.6 Å². The monoisotopic (exact) mass is 327 g/mol. The Morgan fingerprint density at radius 3 is 2.42 bits per heavy atom. The Balaban J connectivity index is 1.84. The molecule has 0 aliphatic carbocycles. The highest BCUT2D eigenvalue weighted by Crippen LogP contribution is 2.23. The predicted octanol–water partition coefficient (Wildman–Crippen LogP) is 4.25. The summed E-state index contributed by atoms with van der Waals surface area (Å²) in [6.07, 6.45) is 1.29. The first kappa shape index (κ1) is 15.8. The quantitative estimate of drug-likeness (QED) is 0.750. The van der Waals surface area contributed by atoms with Gasteiger partial charge in [0.1, 0.15) is 17.3 Å². The summed E-state index contributed by atoms with van der Waals surface area (Å²) < 4.78 is 27.4. The first-order valence-corrected chi connectivity index (χ1v) is 7.28. The average molecular weight is 327 g/mol. The molecule has 0 spiro atoms. The Hall–Kier alpha value is -3.09. The van der Waals surface area contributed by atoms with E-state index in [-0.39, 0.29) is 17.5 Å². The number of halogens is 2. The minimum atomic E-state index is -0.711. The molecule has 5 nitrogen and oxygen atoms in total. The van der Waals surface area contributed by atoms with E-state index in [2.05, 4.69) is 25.8 Å². The van der Waals surface area contributed by atoms with E-state index < -0.39 is 11.6 Å². The van der Waals surface area contributed by atoms with E-state index in [9.17, 15) is 8.78 Å². The molecule has 0 atom stereocenters. The number of hydrogen-bond donors (Lipinski definition) is 2. The highest BCUT2D eigenvalue weighted by atomic mass is 19.1. The highest BCUT2D eigenvalue weighted by Gasteiger charge is 2.10. The van der Waals surface area contributed by atoms with Gasteiger partial charge in [-0.1, -0.05) is 23.8 Å². The number of nitrogens with zero attached hydrogens (tertiary/aromatic N) is 3. The van der Waals surface area contributed by atoms with E-state index in [0.29, 0.717) is 0 Å². The van der Waals surface area contributed by atoms with Gasteiger partial charge in [-0.3, -0.25) is 0 Å². The Labute approximate surface area is 137 Å². The van der Waals surface area contributed by atoms with Gasteiger partial charge in [0, 0.05) is 5.69 Å². The van der Waals surface area contributed by atoms with Crippen molar-refractivity contribution in [1.29, 1.82) is 0 Å². The second kappa shape index (κ2) is 6.57. The maximum absolute atomic E-state index is 13.7. The zero-order chi connectivity index (χ0) is 17.1. The van der Waals surface area contributed by atoms with Gasteiger partial charge in [0.15, 0.2) is 5.82 Å². The van der Waals surface area contributed by atoms with Crippen molar-refractivity contribution in [3.63, 3.8) is 0 Å². The van der Waals surface area contributed by atoms with Crippen molar-refractivity contribution in [2.45, 2.75) is 13.8 Å². The lowest BCUT2D eigenvalue weighted by atomic mass is 10.1. The minimum Gasteiger partial charge on any atom is -0.334 e. The normalized spacial score (nSPS) is 10.5. The molecule has 24 heavy (non-hydrogen) atoms. The van der Waals surface area contributed by atoms with Gasteiger partial charge >= 0.3 is 0 Å². The van der Waals surface area contributed by atoms with Crippen LogP contribution in [0.3, 0.4) is 0 Å². The summed E-state index contributed by atoms with van der Waals surface area (Å²) in [6, 6.07) is 9.50. The van der Waals surface area contributed by atoms with Gasteiger partial charge in [-0.15, -0.1) is 5.10 Å². The summed E-state index contributed by atoms with van der Waals surface area (Å²) in [7, 11) is 0. The van der Waals surface area contributed by atoms with Gasteiger partial charge in [-0.05, 0) is 37.6 Å². The summed E-state index contributed by atoms with van der Waals surface area (Å²) in [5.74, 6) is -1.01. The van der Waals surface area contributed by atoms with Gasteiger partial charge in [0.2, 0.25) is 5.95 Å². The summed E-state index contributed by atoms with van der Waals surface area (Å²) in [5.41, 5.74) is 2.71. The Morgan fingerprint density at radius 1 is 0.958 bits per heavy atom. The van der Waals surface area contributed by atoms with Crippen LogP contribution in [-0.4, -0.2) is 15.2 Å². The number of hydrogen-bond acceptors (Lipinski definition) is 5. The van der Waals surface area contributed by atoms with E-state index in [1.54, 1.807) is 0 Å². The second-order valence-electron chi connectivity index (χ2n) is 5.33. The average Bonchev–Trinajstić information content (AvgIpc) is 2.54.